The Balaban J connectivity index is 1.40. The molecule has 0 amide bonds. The van der Waals surface area contributed by atoms with Gasteiger partial charge < -0.3 is 10.3 Å². The number of aromatic nitrogens is 3. The Bertz CT molecular complexity index is 1120. The lowest BCUT2D eigenvalue weighted by Crippen LogP contribution is -2.54. The summed E-state index contributed by atoms with van der Waals surface area (Å²) in [5.41, 5.74) is 4.88. The van der Waals surface area contributed by atoms with Gasteiger partial charge in [0.05, 0.1) is 60.2 Å². The number of imidazole rings is 1. The van der Waals surface area contributed by atoms with Crippen LogP contribution >= 0.6 is 0 Å². The molecule has 2 aromatic heterocycles. The van der Waals surface area contributed by atoms with Crippen molar-refractivity contribution in [3.63, 3.8) is 0 Å². The fraction of sp³-hybridized carbons (Fsp3) is 0.500. The van der Waals surface area contributed by atoms with Crippen LogP contribution in [-0.2, 0) is 6.42 Å². The number of nitrogens with one attached hydrogen (secondary N) is 2. The molecular formula is C24H28F4N6. The summed E-state index contributed by atoms with van der Waals surface area (Å²) in [5.74, 6) is 0. The Morgan fingerprint density at radius 3 is 2.68 bits per heavy atom. The Labute approximate surface area is 195 Å². The van der Waals surface area contributed by atoms with Crippen molar-refractivity contribution in [3.8, 4) is 0 Å². The lowest BCUT2D eigenvalue weighted by atomic mass is 9.86. The van der Waals surface area contributed by atoms with Gasteiger partial charge >= 0.3 is 6.18 Å². The quantitative estimate of drug-likeness (QED) is 0.498. The van der Waals surface area contributed by atoms with E-state index in [4.69, 9.17) is 0 Å². The fourth-order valence-electron chi connectivity index (χ4n) is 5.20. The zero-order valence-corrected chi connectivity index (χ0v) is 18.9. The largest absolute Gasteiger partial charge is 0.401 e. The average Bonchev–Trinajstić information content (AvgIpc) is 3.25. The van der Waals surface area contributed by atoms with Crippen molar-refractivity contribution in [2.45, 2.75) is 44.1 Å². The standard InChI is InChI=1S/C24H28F4N6/c1-15-9-19-18(4-6-20-22(19)31-14-30-20)23(34(15)13-24(26,27)28)21-5-3-16(10-29-21)32-17-11-33(12-17)8-2-7-25/h3-6,10,14-15,17,23,32H,2,7-9,11-13H2,1H3,(H,30,31)/t15-,23+/m1/s1. The van der Waals surface area contributed by atoms with Crippen molar-refractivity contribution in [3.05, 3.63) is 53.6 Å². The van der Waals surface area contributed by atoms with E-state index in [0.29, 0.717) is 18.5 Å². The second-order valence-electron chi connectivity index (χ2n) is 9.29. The van der Waals surface area contributed by atoms with E-state index >= 15 is 0 Å². The van der Waals surface area contributed by atoms with Gasteiger partial charge in [-0.05, 0) is 49.1 Å². The van der Waals surface area contributed by atoms with E-state index in [9.17, 15) is 17.6 Å². The highest BCUT2D eigenvalue weighted by Crippen LogP contribution is 2.41. The molecule has 6 nitrogen and oxygen atoms in total. The zero-order chi connectivity index (χ0) is 23.9. The average molecular weight is 477 g/mol. The molecule has 10 heteroatoms. The number of nitrogens with zero attached hydrogens (tertiary/aromatic N) is 4. The Kier molecular flexibility index (Phi) is 6.20. The summed E-state index contributed by atoms with van der Waals surface area (Å²) in [6.07, 6.45) is 0.0235. The number of aromatic amines is 1. The van der Waals surface area contributed by atoms with Gasteiger partial charge in [0.15, 0.2) is 0 Å². The fourth-order valence-corrected chi connectivity index (χ4v) is 5.20. The predicted octanol–water partition coefficient (Wildman–Crippen LogP) is 4.31. The second kappa shape index (κ2) is 9.14. The second-order valence-corrected chi connectivity index (χ2v) is 9.29. The molecule has 0 radical (unpaired) electrons. The number of anilines is 1. The van der Waals surface area contributed by atoms with Gasteiger partial charge in [0.25, 0.3) is 0 Å². The SMILES string of the molecule is C[C@@H]1Cc2c(ccc3[nH]cnc23)[C@@H](c2ccc(NC3CN(CCCF)C3)cn2)N1CC(F)(F)F. The first-order valence-corrected chi connectivity index (χ1v) is 11.6. The number of alkyl halides is 4. The Hall–Kier alpha value is -2.72. The maximum Gasteiger partial charge on any atom is 0.401 e. The van der Waals surface area contributed by atoms with Gasteiger partial charge in [0.1, 0.15) is 0 Å². The topological polar surface area (TPSA) is 60.1 Å². The van der Waals surface area contributed by atoms with E-state index in [2.05, 4.69) is 25.2 Å². The van der Waals surface area contributed by atoms with E-state index in [1.807, 2.05) is 31.2 Å². The van der Waals surface area contributed by atoms with Crippen LogP contribution in [0.15, 0.2) is 36.8 Å². The van der Waals surface area contributed by atoms with Crippen LogP contribution < -0.4 is 5.32 Å². The third kappa shape index (κ3) is 4.61. The highest BCUT2D eigenvalue weighted by molar-refractivity contribution is 5.80. The van der Waals surface area contributed by atoms with Crippen LogP contribution in [-0.4, -0.2) is 75.9 Å². The number of hydrogen-bond acceptors (Lipinski definition) is 5. The Morgan fingerprint density at radius 1 is 1.15 bits per heavy atom. The van der Waals surface area contributed by atoms with Gasteiger partial charge in [-0.25, -0.2) is 4.98 Å². The molecule has 2 atom stereocenters. The van der Waals surface area contributed by atoms with Gasteiger partial charge in [-0.3, -0.25) is 19.2 Å². The van der Waals surface area contributed by atoms with Gasteiger partial charge in [0.2, 0.25) is 0 Å². The smallest absolute Gasteiger partial charge is 0.378 e. The molecule has 5 rings (SSSR count). The molecule has 0 spiro atoms. The molecule has 0 unspecified atom stereocenters. The summed E-state index contributed by atoms with van der Waals surface area (Å²) in [5, 5.41) is 3.41. The monoisotopic (exact) mass is 476 g/mol. The van der Waals surface area contributed by atoms with Crippen molar-refractivity contribution in [1.82, 2.24) is 24.8 Å². The van der Waals surface area contributed by atoms with Crippen molar-refractivity contribution in [1.29, 1.82) is 0 Å². The number of halogens is 4. The van der Waals surface area contributed by atoms with Crippen LogP contribution in [0.25, 0.3) is 11.0 Å². The van der Waals surface area contributed by atoms with Crippen molar-refractivity contribution < 1.29 is 17.6 Å². The summed E-state index contributed by atoms with van der Waals surface area (Å²) in [4.78, 5) is 15.8. The van der Waals surface area contributed by atoms with Crippen LogP contribution in [0, 0.1) is 0 Å². The molecule has 2 aliphatic rings. The van der Waals surface area contributed by atoms with E-state index in [1.165, 1.54) is 4.90 Å². The van der Waals surface area contributed by atoms with E-state index in [-0.39, 0.29) is 18.8 Å². The molecular weight excluding hydrogens is 448 g/mol. The van der Waals surface area contributed by atoms with Crippen LogP contribution in [0.3, 0.4) is 0 Å². The van der Waals surface area contributed by atoms with Crippen LogP contribution in [0.5, 0.6) is 0 Å². The predicted molar refractivity (Wildman–Crippen MR) is 123 cm³/mol. The minimum Gasteiger partial charge on any atom is -0.378 e. The number of fused-ring (bicyclic) bond motifs is 3. The lowest BCUT2D eigenvalue weighted by molar-refractivity contribution is -0.155. The molecule has 4 heterocycles. The van der Waals surface area contributed by atoms with Crippen LogP contribution in [0.1, 0.15) is 36.2 Å². The van der Waals surface area contributed by atoms with Gasteiger partial charge in [-0.1, -0.05) is 6.07 Å². The van der Waals surface area contributed by atoms with Gasteiger partial charge in [-0.2, -0.15) is 13.2 Å². The molecule has 0 aliphatic carbocycles. The van der Waals surface area contributed by atoms with E-state index in [0.717, 1.165) is 47.5 Å². The first-order valence-electron chi connectivity index (χ1n) is 11.6. The number of likely N-dealkylation sites (tertiary alicyclic amines) is 1. The first-order chi connectivity index (χ1) is 16.3. The van der Waals surface area contributed by atoms with Crippen LogP contribution in [0.4, 0.5) is 23.2 Å². The molecule has 34 heavy (non-hydrogen) atoms. The molecule has 2 N–H and O–H groups in total. The maximum atomic E-state index is 13.5. The highest BCUT2D eigenvalue weighted by Gasteiger charge is 2.41. The van der Waals surface area contributed by atoms with E-state index < -0.39 is 18.8 Å². The van der Waals surface area contributed by atoms with Crippen molar-refractivity contribution in [2.24, 2.45) is 0 Å². The molecule has 3 aromatic rings. The molecule has 0 saturated carbocycles. The minimum absolute atomic E-state index is 0.261. The molecule has 0 bridgehead atoms. The molecule has 1 saturated heterocycles. The minimum atomic E-state index is -4.32. The van der Waals surface area contributed by atoms with Crippen molar-refractivity contribution >= 4 is 16.7 Å². The molecule has 2 aliphatic heterocycles. The Morgan fingerprint density at radius 2 is 1.97 bits per heavy atom. The maximum absolute atomic E-state index is 13.5. The number of hydrogen-bond donors (Lipinski definition) is 2. The zero-order valence-electron chi connectivity index (χ0n) is 18.9. The molecule has 1 aromatic carbocycles. The van der Waals surface area contributed by atoms with E-state index in [1.54, 1.807) is 12.5 Å². The number of rotatable bonds is 7. The summed E-state index contributed by atoms with van der Waals surface area (Å²) >= 11 is 0. The summed E-state index contributed by atoms with van der Waals surface area (Å²) in [6, 6.07) is 6.77. The number of H-pyrrole nitrogens is 1. The number of benzene rings is 1. The third-order valence-corrected chi connectivity index (χ3v) is 6.79. The summed E-state index contributed by atoms with van der Waals surface area (Å²) < 4.78 is 52.9. The van der Waals surface area contributed by atoms with Gasteiger partial charge in [0, 0.05) is 25.7 Å². The summed E-state index contributed by atoms with van der Waals surface area (Å²) in [6.45, 7) is 2.95. The first kappa shape index (κ1) is 23.0. The normalized spacial score (nSPS) is 22.0. The van der Waals surface area contributed by atoms with Gasteiger partial charge in [-0.15, -0.1) is 0 Å². The molecule has 1 fully saturated rings. The summed E-state index contributed by atoms with van der Waals surface area (Å²) in [7, 11) is 0. The highest BCUT2D eigenvalue weighted by atomic mass is 19.4. The van der Waals surface area contributed by atoms with Crippen LogP contribution in [0.2, 0.25) is 0 Å². The lowest BCUT2D eigenvalue weighted by Gasteiger charge is -2.42. The molecule has 182 valence electrons. The van der Waals surface area contributed by atoms with Crippen molar-refractivity contribution in [2.75, 3.05) is 38.2 Å². The number of pyridine rings is 1. The third-order valence-electron chi connectivity index (χ3n) is 6.79.